The Kier molecular flexibility index (Phi) is 2.46. The topological polar surface area (TPSA) is 48.2 Å². The first-order valence-electron chi connectivity index (χ1n) is 5.27. The van der Waals surface area contributed by atoms with E-state index in [1.54, 1.807) is 12.5 Å². The van der Waals surface area contributed by atoms with E-state index in [4.69, 9.17) is 9.15 Å². The second-order valence-electron chi connectivity index (χ2n) is 3.61. The van der Waals surface area contributed by atoms with Crippen molar-refractivity contribution >= 4 is 10.9 Å². The normalized spacial score (nSPS) is 10.6. The molecular formula is C13H10N2O2. The Labute approximate surface area is 97.9 Å². The number of nitrogens with zero attached hydrogens (tertiary/aromatic N) is 2. The molecule has 17 heavy (non-hydrogen) atoms. The maximum atomic E-state index is 5.60. The molecule has 2 aromatic heterocycles. The van der Waals surface area contributed by atoms with Gasteiger partial charge in [0.25, 0.3) is 0 Å². The fourth-order valence-electron chi connectivity index (χ4n) is 1.59. The second-order valence-corrected chi connectivity index (χ2v) is 3.61. The van der Waals surface area contributed by atoms with Gasteiger partial charge in [0.1, 0.15) is 24.4 Å². The van der Waals surface area contributed by atoms with E-state index in [9.17, 15) is 0 Å². The van der Waals surface area contributed by atoms with E-state index in [0.717, 1.165) is 22.4 Å². The van der Waals surface area contributed by atoms with Gasteiger partial charge in [0.05, 0.1) is 11.8 Å². The Balaban J connectivity index is 1.81. The molecule has 0 N–H and O–H groups in total. The lowest BCUT2D eigenvalue weighted by Gasteiger charge is -2.04. The third-order valence-corrected chi connectivity index (χ3v) is 2.44. The molecule has 0 unspecified atom stereocenters. The number of hydrogen-bond donors (Lipinski definition) is 0. The van der Waals surface area contributed by atoms with E-state index < -0.39 is 0 Å². The van der Waals surface area contributed by atoms with Gasteiger partial charge in [0, 0.05) is 17.6 Å². The maximum absolute atomic E-state index is 5.60. The average molecular weight is 226 g/mol. The van der Waals surface area contributed by atoms with Crippen LogP contribution in [0.25, 0.3) is 10.9 Å². The lowest BCUT2D eigenvalue weighted by molar-refractivity contribution is 0.270. The van der Waals surface area contributed by atoms with Crippen LogP contribution < -0.4 is 4.74 Å². The number of furan rings is 1. The van der Waals surface area contributed by atoms with Crippen LogP contribution in [-0.2, 0) is 6.61 Å². The highest BCUT2D eigenvalue weighted by Crippen LogP contribution is 2.19. The van der Waals surface area contributed by atoms with Gasteiger partial charge in [0.2, 0.25) is 0 Å². The summed E-state index contributed by atoms with van der Waals surface area (Å²) in [7, 11) is 0. The van der Waals surface area contributed by atoms with Gasteiger partial charge in [-0.05, 0) is 24.3 Å². The Bertz CT molecular complexity index is 620. The third-order valence-electron chi connectivity index (χ3n) is 2.44. The number of rotatable bonds is 3. The van der Waals surface area contributed by atoms with E-state index in [1.165, 1.54) is 6.33 Å². The summed E-state index contributed by atoms with van der Waals surface area (Å²) in [6.45, 7) is 0.420. The highest BCUT2D eigenvalue weighted by atomic mass is 16.5. The number of ether oxygens (including phenoxy) is 1. The van der Waals surface area contributed by atoms with Crippen LogP contribution >= 0.6 is 0 Å². The summed E-state index contributed by atoms with van der Waals surface area (Å²) in [5, 5.41) is 0.998. The first-order chi connectivity index (χ1) is 8.42. The summed E-state index contributed by atoms with van der Waals surface area (Å²) in [6, 6.07) is 9.44. The summed E-state index contributed by atoms with van der Waals surface area (Å²) < 4.78 is 10.8. The predicted molar refractivity (Wildman–Crippen MR) is 62.6 cm³/mol. The van der Waals surface area contributed by atoms with E-state index in [-0.39, 0.29) is 0 Å². The smallest absolute Gasteiger partial charge is 0.146 e. The van der Waals surface area contributed by atoms with Crippen molar-refractivity contribution in [2.24, 2.45) is 0 Å². The third kappa shape index (κ3) is 2.10. The highest BCUT2D eigenvalue weighted by Gasteiger charge is 2.00. The van der Waals surface area contributed by atoms with Crippen LogP contribution in [0.4, 0.5) is 0 Å². The Morgan fingerprint density at radius 3 is 3.12 bits per heavy atom. The number of benzene rings is 1. The minimum Gasteiger partial charge on any atom is -0.486 e. The second kappa shape index (κ2) is 4.25. The van der Waals surface area contributed by atoms with Crippen molar-refractivity contribution in [3.05, 3.63) is 54.9 Å². The number of aromatic nitrogens is 2. The Hall–Kier alpha value is -2.36. The van der Waals surface area contributed by atoms with Gasteiger partial charge in [-0.25, -0.2) is 9.97 Å². The van der Waals surface area contributed by atoms with Crippen LogP contribution in [-0.4, -0.2) is 9.97 Å². The van der Waals surface area contributed by atoms with Crippen molar-refractivity contribution in [2.45, 2.75) is 6.61 Å². The molecule has 2 heterocycles. The van der Waals surface area contributed by atoms with Crippen LogP contribution in [0.1, 0.15) is 5.76 Å². The monoisotopic (exact) mass is 226 g/mol. The minimum absolute atomic E-state index is 0.420. The molecule has 84 valence electrons. The molecule has 0 radical (unpaired) electrons. The Morgan fingerprint density at radius 1 is 1.24 bits per heavy atom. The predicted octanol–water partition coefficient (Wildman–Crippen LogP) is 2.80. The van der Waals surface area contributed by atoms with Gasteiger partial charge in [-0.2, -0.15) is 0 Å². The molecule has 0 aliphatic carbocycles. The van der Waals surface area contributed by atoms with Gasteiger partial charge in [-0.15, -0.1) is 0 Å². The van der Waals surface area contributed by atoms with Crippen molar-refractivity contribution in [3.63, 3.8) is 0 Å². The first-order valence-corrected chi connectivity index (χ1v) is 5.27. The summed E-state index contributed by atoms with van der Waals surface area (Å²) in [4.78, 5) is 8.13. The SMILES string of the molecule is c1coc(COc2ccc3cncnc3c2)c1. The molecule has 0 aliphatic heterocycles. The van der Waals surface area contributed by atoms with E-state index >= 15 is 0 Å². The van der Waals surface area contributed by atoms with Gasteiger partial charge in [-0.3, -0.25) is 0 Å². The van der Waals surface area contributed by atoms with Gasteiger partial charge >= 0.3 is 0 Å². The maximum Gasteiger partial charge on any atom is 0.146 e. The fourth-order valence-corrected chi connectivity index (χ4v) is 1.59. The lowest BCUT2D eigenvalue weighted by Crippen LogP contribution is -1.93. The molecule has 3 rings (SSSR count). The van der Waals surface area contributed by atoms with Crippen molar-refractivity contribution in [3.8, 4) is 5.75 Å². The summed E-state index contributed by atoms with van der Waals surface area (Å²) >= 11 is 0. The largest absolute Gasteiger partial charge is 0.486 e. The molecule has 0 fully saturated rings. The van der Waals surface area contributed by atoms with Gasteiger partial charge in [0.15, 0.2) is 0 Å². The zero-order valence-electron chi connectivity index (χ0n) is 9.04. The summed E-state index contributed by atoms with van der Waals surface area (Å²) in [5.41, 5.74) is 0.872. The van der Waals surface area contributed by atoms with E-state index in [1.807, 2.05) is 30.3 Å². The fraction of sp³-hybridized carbons (Fsp3) is 0.0769. The zero-order chi connectivity index (χ0) is 11.5. The molecule has 3 aromatic rings. The van der Waals surface area contributed by atoms with E-state index in [0.29, 0.717) is 6.61 Å². The quantitative estimate of drug-likeness (QED) is 0.689. The standard InChI is InChI=1S/C13H10N2O2/c1-2-12(16-5-1)8-17-11-4-3-10-7-14-9-15-13(10)6-11/h1-7,9H,8H2. The molecule has 0 amide bonds. The van der Waals surface area contributed by atoms with Crippen LogP contribution in [0, 0.1) is 0 Å². The molecular weight excluding hydrogens is 216 g/mol. The van der Waals surface area contributed by atoms with Crippen LogP contribution in [0.5, 0.6) is 5.75 Å². The molecule has 0 saturated heterocycles. The van der Waals surface area contributed by atoms with Crippen LogP contribution in [0.2, 0.25) is 0 Å². The number of hydrogen-bond acceptors (Lipinski definition) is 4. The van der Waals surface area contributed by atoms with Crippen molar-refractivity contribution in [2.75, 3.05) is 0 Å². The van der Waals surface area contributed by atoms with Gasteiger partial charge in [-0.1, -0.05) is 0 Å². The highest BCUT2D eigenvalue weighted by molar-refractivity contribution is 5.78. The van der Waals surface area contributed by atoms with Gasteiger partial charge < -0.3 is 9.15 Å². The molecule has 0 bridgehead atoms. The molecule has 4 heteroatoms. The lowest BCUT2D eigenvalue weighted by atomic mass is 10.2. The molecule has 0 saturated carbocycles. The summed E-state index contributed by atoms with van der Waals surface area (Å²) in [6.07, 6.45) is 4.93. The van der Waals surface area contributed by atoms with Crippen LogP contribution in [0.15, 0.2) is 53.5 Å². The molecule has 1 aromatic carbocycles. The molecule has 0 atom stereocenters. The number of fused-ring (bicyclic) bond motifs is 1. The van der Waals surface area contributed by atoms with Crippen molar-refractivity contribution in [1.29, 1.82) is 0 Å². The zero-order valence-corrected chi connectivity index (χ0v) is 9.04. The molecule has 0 aliphatic rings. The van der Waals surface area contributed by atoms with E-state index in [2.05, 4.69) is 9.97 Å². The minimum atomic E-state index is 0.420. The van der Waals surface area contributed by atoms with Crippen molar-refractivity contribution in [1.82, 2.24) is 9.97 Å². The van der Waals surface area contributed by atoms with Crippen LogP contribution in [0.3, 0.4) is 0 Å². The molecule has 0 spiro atoms. The average Bonchev–Trinajstić information content (AvgIpc) is 2.89. The molecule has 4 nitrogen and oxygen atoms in total. The Morgan fingerprint density at radius 2 is 2.24 bits per heavy atom. The summed E-state index contributed by atoms with van der Waals surface area (Å²) in [5.74, 6) is 1.57. The first kappa shape index (κ1) is 9.84. The van der Waals surface area contributed by atoms with Crippen molar-refractivity contribution < 1.29 is 9.15 Å².